The van der Waals surface area contributed by atoms with Gasteiger partial charge in [0.1, 0.15) is 22.9 Å². The van der Waals surface area contributed by atoms with Crippen molar-refractivity contribution in [2.75, 3.05) is 0 Å². The Morgan fingerprint density at radius 1 is 1.30 bits per heavy atom. The van der Waals surface area contributed by atoms with Crippen molar-refractivity contribution < 1.29 is 24.2 Å². The second-order valence-electron chi connectivity index (χ2n) is 4.48. The van der Waals surface area contributed by atoms with Crippen molar-refractivity contribution in [1.82, 2.24) is 0 Å². The van der Waals surface area contributed by atoms with Crippen molar-refractivity contribution in [3.63, 3.8) is 0 Å². The van der Waals surface area contributed by atoms with E-state index in [4.69, 9.17) is 4.42 Å². The van der Waals surface area contributed by atoms with Gasteiger partial charge in [0.05, 0.1) is 11.8 Å². The Balaban J connectivity index is 2.45. The number of carbonyl (C=O) groups is 2. The topological polar surface area (TPSA) is 108 Å². The summed E-state index contributed by atoms with van der Waals surface area (Å²) in [6, 6.07) is 3.86. The van der Waals surface area contributed by atoms with Gasteiger partial charge < -0.3 is 19.4 Å². The molecule has 0 aliphatic carbocycles. The zero-order valence-electron chi connectivity index (χ0n) is 10.6. The fourth-order valence-electron chi connectivity index (χ4n) is 2.03. The third kappa shape index (κ3) is 2.85. The minimum atomic E-state index is -1.48. The predicted molar refractivity (Wildman–Crippen MR) is 67.2 cm³/mol. The Kier molecular flexibility index (Phi) is 3.56. The van der Waals surface area contributed by atoms with E-state index in [1.807, 2.05) is 0 Å². The number of benzene rings is 1. The number of carboxylic acids is 1. The molecule has 0 amide bonds. The molecule has 104 valence electrons. The molecule has 0 spiro atoms. The lowest BCUT2D eigenvalue weighted by Crippen LogP contribution is -2.26. The highest BCUT2D eigenvalue weighted by atomic mass is 16.4. The molecule has 0 aliphatic rings. The van der Waals surface area contributed by atoms with Gasteiger partial charge in [0.15, 0.2) is 5.43 Å². The molecule has 1 aromatic carbocycles. The monoisotopic (exact) mass is 275 g/mol. The van der Waals surface area contributed by atoms with Crippen molar-refractivity contribution in [2.45, 2.75) is 19.8 Å². The van der Waals surface area contributed by atoms with E-state index in [9.17, 15) is 24.6 Å². The predicted octanol–water partition coefficient (Wildman–Crippen LogP) is 0.0586. The highest BCUT2D eigenvalue weighted by Gasteiger charge is 2.12. The van der Waals surface area contributed by atoms with Gasteiger partial charge >= 0.3 is 0 Å². The number of carboxylic acid groups (broad SMARTS) is 1. The van der Waals surface area contributed by atoms with Crippen molar-refractivity contribution in [3.8, 4) is 5.75 Å². The van der Waals surface area contributed by atoms with Crippen molar-refractivity contribution in [3.05, 3.63) is 39.7 Å². The lowest BCUT2D eigenvalue weighted by molar-refractivity contribution is -0.304. The van der Waals surface area contributed by atoms with E-state index in [-0.39, 0.29) is 28.9 Å². The maximum Gasteiger partial charge on any atom is 0.193 e. The van der Waals surface area contributed by atoms with Gasteiger partial charge in [0, 0.05) is 24.5 Å². The van der Waals surface area contributed by atoms with Gasteiger partial charge in [-0.25, -0.2) is 0 Å². The molecule has 0 aliphatic heterocycles. The highest BCUT2D eigenvalue weighted by Crippen LogP contribution is 2.22. The molecule has 0 saturated heterocycles. The molecule has 20 heavy (non-hydrogen) atoms. The largest absolute Gasteiger partial charge is 0.550 e. The number of hydrogen-bond acceptors (Lipinski definition) is 6. The second-order valence-corrected chi connectivity index (χ2v) is 4.48. The molecular weight excluding hydrogens is 264 g/mol. The van der Waals surface area contributed by atoms with Gasteiger partial charge in [0.2, 0.25) is 0 Å². The Hall–Kier alpha value is -2.63. The van der Waals surface area contributed by atoms with E-state index in [2.05, 4.69) is 0 Å². The van der Waals surface area contributed by atoms with Crippen LogP contribution in [0.5, 0.6) is 5.75 Å². The summed E-state index contributed by atoms with van der Waals surface area (Å²) in [5.74, 6) is -2.11. The van der Waals surface area contributed by atoms with Crippen LogP contribution < -0.4 is 10.5 Å². The molecule has 1 aromatic heterocycles. The number of phenols is 1. The number of ketones is 1. The van der Waals surface area contributed by atoms with Crippen LogP contribution in [0, 0.1) is 6.92 Å². The SMILES string of the molecule is Cc1cc(O)cc2oc(CC(=O)CC(=O)[O-])cc(=O)c12. The maximum absolute atomic E-state index is 12.0. The van der Waals surface area contributed by atoms with E-state index in [0.29, 0.717) is 10.9 Å². The number of aryl methyl sites for hydroxylation is 1. The van der Waals surface area contributed by atoms with Gasteiger partial charge in [-0.05, 0) is 18.6 Å². The number of phenolic OH excluding ortho intramolecular Hbond substituents is 1. The fourth-order valence-corrected chi connectivity index (χ4v) is 2.03. The van der Waals surface area contributed by atoms with Crippen LogP contribution in [0.15, 0.2) is 27.4 Å². The standard InChI is InChI=1S/C14H12O6/c1-7-2-8(15)4-12-14(7)11(17)6-10(20-12)3-9(16)5-13(18)19/h2,4,6,15H,3,5H2,1H3,(H,18,19)/p-1. The minimum absolute atomic E-state index is 0.0544. The summed E-state index contributed by atoms with van der Waals surface area (Å²) < 4.78 is 5.36. The number of rotatable bonds is 4. The molecule has 0 fully saturated rings. The smallest absolute Gasteiger partial charge is 0.193 e. The third-order valence-electron chi connectivity index (χ3n) is 2.78. The van der Waals surface area contributed by atoms with Gasteiger partial charge in [-0.2, -0.15) is 0 Å². The summed E-state index contributed by atoms with van der Waals surface area (Å²) >= 11 is 0. The van der Waals surface area contributed by atoms with Crippen LogP contribution in [0.25, 0.3) is 11.0 Å². The zero-order chi connectivity index (χ0) is 14.9. The second kappa shape index (κ2) is 5.16. The number of Topliss-reactive ketones (excluding diaryl/α,β-unsaturated/α-hetero) is 1. The molecule has 6 heteroatoms. The lowest BCUT2D eigenvalue weighted by Gasteiger charge is -2.05. The molecule has 0 bridgehead atoms. The Labute approximate surface area is 113 Å². The van der Waals surface area contributed by atoms with Gasteiger partial charge in [0.25, 0.3) is 0 Å². The summed E-state index contributed by atoms with van der Waals surface area (Å²) in [6.07, 6.45) is -1.05. The summed E-state index contributed by atoms with van der Waals surface area (Å²) in [5.41, 5.74) is 0.368. The first-order valence-corrected chi connectivity index (χ1v) is 5.84. The molecule has 0 atom stereocenters. The molecule has 2 rings (SSSR count). The Morgan fingerprint density at radius 2 is 2.00 bits per heavy atom. The first kappa shape index (κ1) is 13.8. The van der Waals surface area contributed by atoms with Gasteiger partial charge in [-0.1, -0.05) is 0 Å². The quantitative estimate of drug-likeness (QED) is 0.790. The Bertz CT molecular complexity index is 756. The third-order valence-corrected chi connectivity index (χ3v) is 2.78. The fraction of sp³-hybridized carbons (Fsp3) is 0.214. The van der Waals surface area contributed by atoms with Crippen molar-refractivity contribution in [1.29, 1.82) is 0 Å². The molecule has 6 nitrogen and oxygen atoms in total. The van der Waals surface area contributed by atoms with Crippen molar-refractivity contribution in [2.24, 2.45) is 0 Å². The molecule has 0 unspecified atom stereocenters. The van der Waals surface area contributed by atoms with Crippen LogP contribution in [0.1, 0.15) is 17.7 Å². The van der Waals surface area contributed by atoms with E-state index in [0.717, 1.165) is 6.07 Å². The number of aliphatic carboxylic acids is 1. The Morgan fingerprint density at radius 3 is 2.65 bits per heavy atom. The van der Waals surface area contributed by atoms with E-state index in [1.165, 1.54) is 12.1 Å². The summed E-state index contributed by atoms with van der Waals surface area (Å²) in [4.78, 5) is 33.6. The van der Waals surface area contributed by atoms with E-state index in [1.54, 1.807) is 6.92 Å². The van der Waals surface area contributed by atoms with Gasteiger partial charge in [-0.15, -0.1) is 0 Å². The average Bonchev–Trinajstić information content (AvgIpc) is 2.25. The normalized spacial score (nSPS) is 10.7. The average molecular weight is 275 g/mol. The lowest BCUT2D eigenvalue weighted by atomic mass is 10.1. The number of carbonyl (C=O) groups excluding carboxylic acids is 2. The van der Waals surface area contributed by atoms with Crippen LogP contribution in [0.3, 0.4) is 0 Å². The van der Waals surface area contributed by atoms with E-state index >= 15 is 0 Å². The maximum atomic E-state index is 12.0. The van der Waals surface area contributed by atoms with Gasteiger partial charge in [-0.3, -0.25) is 9.59 Å². The van der Waals surface area contributed by atoms with Crippen molar-refractivity contribution >= 4 is 22.7 Å². The molecule has 2 aromatic rings. The number of hydrogen-bond donors (Lipinski definition) is 1. The van der Waals surface area contributed by atoms with Crippen LogP contribution in [-0.4, -0.2) is 16.9 Å². The van der Waals surface area contributed by atoms with Crippen LogP contribution in [-0.2, 0) is 16.0 Å². The highest BCUT2D eigenvalue weighted by molar-refractivity contribution is 5.95. The van der Waals surface area contributed by atoms with Crippen LogP contribution >= 0.6 is 0 Å². The number of aromatic hydroxyl groups is 1. The first-order valence-electron chi connectivity index (χ1n) is 5.84. The van der Waals surface area contributed by atoms with E-state index < -0.39 is 18.2 Å². The molecule has 0 saturated carbocycles. The molecule has 0 radical (unpaired) electrons. The summed E-state index contributed by atoms with van der Waals surface area (Å²) in [7, 11) is 0. The molecule has 1 N–H and O–H groups in total. The molecular formula is C14H11O6-. The van der Waals surface area contributed by atoms with Crippen LogP contribution in [0.4, 0.5) is 0 Å². The molecule has 1 heterocycles. The minimum Gasteiger partial charge on any atom is -0.550 e. The zero-order valence-corrected chi connectivity index (χ0v) is 10.6. The number of fused-ring (bicyclic) bond motifs is 1. The summed E-state index contributed by atoms with van der Waals surface area (Å²) in [5, 5.41) is 20.1. The summed E-state index contributed by atoms with van der Waals surface area (Å²) in [6.45, 7) is 1.65. The first-order chi connectivity index (χ1) is 9.36. The van der Waals surface area contributed by atoms with Crippen LogP contribution in [0.2, 0.25) is 0 Å².